The number of hydrogen-bond donors (Lipinski definition) is 4. The summed E-state index contributed by atoms with van der Waals surface area (Å²) in [6.45, 7) is 1.83. The molecule has 8 N–H and O–H groups in total. The summed E-state index contributed by atoms with van der Waals surface area (Å²) in [6.07, 6.45) is 0.611. The van der Waals surface area contributed by atoms with Crippen molar-refractivity contribution in [1.82, 2.24) is 0 Å². The Kier molecular flexibility index (Phi) is 3.28. The van der Waals surface area contributed by atoms with Crippen molar-refractivity contribution in [3.05, 3.63) is 23.3 Å². The van der Waals surface area contributed by atoms with Crippen LogP contribution in [0.2, 0.25) is 0 Å². The fourth-order valence-corrected chi connectivity index (χ4v) is 1.59. The third-order valence-corrected chi connectivity index (χ3v) is 2.35. The largest absolute Gasteiger partial charge is 0.399 e. The molecule has 82 valence electrons. The maximum absolute atomic E-state index is 10.5. The number of rotatable bonds is 3. The van der Waals surface area contributed by atoms with E-state index < -0.39 is 12.1 Å². The van der Waals surface area contributed by atoms with Gasteiger partial charge in [0.15, 0.2) is 0 Å². The van der Waals surface area contributed by atoms with E-state index in [1.54, 1.807) is 12.1 Å². The third kappa shape index (κ3) is 2.26. The highest BCUT2D eigenvalue weighted by molar-refractivity contribution is 5.65. The monoisotopic (exact) mass is 208 g/mol. The molecule has 5 nitrogen and oxygen atoms in total. The lowest BCUT2D eigenvalue weighted by Gasteiger charge is -2.20. The summed E-state index contributed by atoms with van der Waals surface area (Å²) in [5, 5.41) is 0. The van der Waals surface area contributed by atoms with E-state index in [-0.39, 0.29) is 0 Å². The zero-order valence-corrected chi connectivity index (χ0v) is 8.60. The van der Waals surface area contributed by atoms with Gasteiger partial charge in [0.1, 0.15) is 6.29 Å². The molecule has 0 heterocycles. The van der Waals surface area contributed by atoms with E-state index in [4.69, 9.17) is 22.9 Å². The van der Waals surface area contributed by atoms with Gasteiger partial charge in [-0.25, -0.2) is 0 Å². The Labute approximate surface area is 88.4 Å². The molecule has 0 aliphatic carbocycles. The highest BCUT2D eigenvalue weighted by Crippen LogP contribution is 2.26. The molecule has 0 aliphatic rings. The van der Waals surface area contributed by atoms with Crippen molar-refractivity contribution >= 4 is 17.7 Å². The molecular formula is C10H16N4O. The van der Waals surface area contributed by atoms with Gasteiger partial charge in [0.2, 0.25) is 0 Å². The molecule has 0 saturated heterocycles. The van der Waals surface area contributed by atoms with Gasteiger partial charge in [-0.15, -0.1) is 0 Å². The Morgan fingerprint density at radius 1 is 1.27 bits per heavy atom. The molecule has 1 rings (SSSR count). The Balaban J connectivity index is 3.19. The SMILES string of the molecule is Cc1cc(N)cc(N)c1C(N)C(N)C=O. The van der Waals surface area contributed by atoms with Gasteiger partial charge in [-0.2, -0.15) is 0 Å². The number of nitrogens with two attached hydrogens (primary N) is 4. The van der Waals surface area contributed by atoms with Gasteiger partial charge >= 0.3 is 0 Å². The first-order valence-corrected chi connectivity index (χ1v) is 4.59. The van der Waals surface area contributed by atoms with Crippen LogP contribution in [0.5, 0.6) is 0 Å². The molecule has 2 atom stereocenters. The lowest BCUT2D eigenvalue weighted by Crippen LogP contribution is -2.36. The van der Waals surface area contributed by atoms with Crippen LogP contribution >= 0.6 is 0 Å². The number of benzene rings is 1. The van der Waals surface area contributed by atoms with E-state index >= 15 is 0 Å². The predicted molar refractivity (Wildman–Crippen MR) is 61.0 cm³/mol. The van der Waals surface area contributed by atoms with Crippen molar-refractivity contribution in [2.45, 2.75) is 19.0 Å². The molecule has 0 radical (unpaired) electrons. The summed E-state index contributed by atoms with van der Waals surface area (Å²) < 4.78 is 0. The van der Waals surface area contributed by atoms with Crippen molar-refractivity contribution in [2.75, 3.05) is 11.5 Å². The maximum Gasteiger partial charge on any atom is 0.138 e. The van der Waals surface area contributed by atoms with Crippen molar-refractivity contribution in [1.29, 1.82) is 0 Å². The molecule has 0 bridgehead atoms. The molecule has 0 spiro atoms. The minimum absolute atomic E-state index is 0.470. The zero-order valence-electron chi connectivity index (χ0n) is 8.60. The van der Waals surface area contributed by atoms with Crippen LogP contribution in [0.1, 0.15) is 17.2 Å². The second-order valence-corrected chi connectivity index (χ2v) is 3.58. The summed E-state index contributed by atoms with van der Waals surface area (Å²) in [5.41, 5.74) is 25.3. The molecule has 2 unspecified atom stereocenters. The number of carbonyl (C=O) groups excluding carboxylic acids is 1. The fourth-order valence-electron chi connectivity index (χ4n) is 1.59. The molecule has 0 fully saturated rings. The molecule has 1 aromatic carbocycles. The Morgan fingerprint density at radius 3 is 2.33 bits per heavy atom. The zero-order chi connectivity index (χ0) is 11.6. The van der Waals surface area contributed by atoms with E-state index in [1.807, 2.05) is 6.92 Å². The van der Waals surface area contributed by atoms with Crippen LogP contribution in [0.3, 0.4) is 0 Å². The first kappa shape index (κ1) is 11.5. The molecule has 0 amide bonds. The minimum Gasteiger partial charge on any atom is -0.399 e. The van der Waals surface area contributed by atoms with Gasteiger partial charge in [-0.1, -0.05) is 0 Å². The van der Waals surface area contributed by atoms with E-state index in [1.165, 1.54) is 0 Å². The van der Waals surface area contributed by atoms with Gasteiger partial charge in [0, 0.05) is 11.4 Å². The molecule has 0 aromatic heterocycles. The number of anilines is 2. The molecule has 5 heteroatoms. The van der Waals surface area contributed by atoms with Gasteiger partial charge in [0.25, 0.3) is 0 Å². The van der Waals surface area contributed by atoms with Crippen LogP contribution < -0.4 is 22.9 Å². The minimum atomic E-state index is -0.755. The van der Waals surface area contributed by atoms with Crippen molar-refractivity contribution in [3.63, 3.8) is 0 Å². The Morgan fingerprint density at radius 2 is 1.87 bits per heavy atom. The van der Waals surface area contributed by atoms with E-state index in [0.717, 1.165) is 5.56 Å². The van der Waals surface area contributed by atoms with Crippen molar-refractivity contribution in [3.8, 4) is 0 Å². The predicted octanol–water partition coefficient (Wildman–Crippen LogP) is -0.315. The summed E-state index contributed by atoms with van der Waals surface area (Å²) in [7, 11) is 0. The smallest absolute Gasteiger partial charge is 0.138 e. The fraction of sp³-hybridized carbons (Fsp3) is 0.300. The summed E-state index contributed by atoms with van der Waals surface area (Å²) >= 11 is 0. The Hall–Kier alpha value is -1.59. The second kappa shape index (κ2) is 4.29. The van der Waals surface area contributed by atoms with E-state index in [9.17, 15) is 4.79 Å². The highest BCUT2D eigenvalue weighted by atomic mass is 16.1. The number of hydrogen-bond acceptors (Lipinski definition) is 5. The first-order chi connectivity index (χ1) is 6.97. The standard InChI is InChI=1S/C10H16N4O/c1-5-2-6(11)3-7(12)9(5)10(14)8(13)4-15/h2-4,8,10H,11-14H2,1H3. The maximum atomic E-state index is 10.5. The molecule has 1 aromatic rings. The highest BCUT2D eigenvalue weighted by Gasteiger charge is 2.19. The van der Waals surface area contributed by atoms with Crippen molar-refractivity contribution < 1.29 is 4.79 Å². The van der Waals surface area contributed by atoms with E-state index in [2.05, 4.69) is 0 Å². The number of aryl methyl sites for hydroxylation is 1. The second-order valence-electron chi connectivity index (χ2n) is 3.58. The van der Waals surface area contributed by atoms with Crippen LogP contribution in [-0.2, 0) is 4.79 Å². The van der Waals surface area contributed by atoms with Crippen LogP contribution in [0.15, 0.2) is 12.1 Å². The van der Waals surface area contributed by atoms with Gasteiger partial charge in [-0.05, 0) is 30.2 Å². The normalized spacial score (nSPS) is 14.6. The lowest BCUT2D eigenvalue weighted by atomic mass is 9.95. The van der Waals surface area contributed by atoms with Crippen LogP contribution in [0.25, 0.3) is 0 Å². The van der Waals surface area contributed by atoms with Crippen molar-refractivity contribution in [2.24, 2.45) is 11.5 Å². The molecule has 0 saturated carbocycles. The van der Waals surface area contributed by atoms with Crippen LogP contribution in [-0.4, -0.2) is 12.3 Å². The lowest BCUT2D eigenvalue weighted by molar-refractivity contribution is -0.109. The average Bonchev–Trinajstić information content (AvgIpc) is 2.14. The van der Waals surface area contributed by atoms with Gasteiger partial charge in [0.05, 0.1) is 12.1 Å². The van der Waals surface area contributed by atoms with Crippen LogP contribution in [0, 0.1) is 6.92 Å². The summed E-state index contributed by atoms with van der Waals surface area (Å²) in [6, 6.07) is 2.01. The molecule has 15 heavy (non-hydrogen) atoms. The van der Waals surface area contributed by atoms with Crippen LogP contribution in [0.4, 0.5) is 11.4 Å². The molecular weight excluding hydrogens is 192 g/mol. The Bertz CT molecular complexity index is 355. The third-order valence-electron chi connectivity index (χ3n) is 2.35. The quantitative estimate of drug-likeness (QED) is 0.401. The summed E-state index contributed by atoms with van der Waals surface area (Å²) in [5.74, 6) is 0. The number of aldehydes is 1. The number of carbonyl (C=O) groups is 1. The van der Waals surface area contributed by atoms with Gasteiger partial charge in [-0.3, -0.25) is 0 Å². The van der Waals surface area contributed by atoms with Gasteiger partial charge < -0.3 is 27.7 Å². The topological polar surface area (TPSA) is 121 Å². The van der Waals surface area contributed by atoms with E-state index in [0.29, 0.717) is 23.2 Å². The number of nitrogen functional groups attached to an aromatic ring is 2. The first-order valence-electron chi connectivity index (χ1n) is 4.59. The molecule has 0 aliphatic heterocycles. The average molecular weight is 208 g/mol. The summed E-state index contributed by atoms with van der Waals surface area (Å²) in [4.78, 5) is 10.5.